The van der Waals surface area contributed by atoms with Crippen LogP contribution in [-0.2, 0) is 11.3 Å². The number of alkyl halides is 4. The van der Waals surface area contributed by atoms with Crippen LogP contribution in [0.25, 0.3) is 11.2 Å². The molecular formula is C14H17F4N5O4. The predicted octanol–water partition coefficient (Wildman–Crippen LogP) is 0.105. The lowest BCUT2D eigenvalue weighted by atomic mass is 10.1. The van der Waals surface area contributed by atoms with E-state index < -0.39 is 49.1 Å². The Labute approximate surface area is 149 Å². The smallest absolute Gasteiger partial charge is 0.390 e. The molecule has 1 aliphatic heterocycles. The summed E-state index contributed by atoms with van der Waals surface area (Å²) in [5.74, 6) is -0.338. The third kappa shape index (κ3) is 3.37. The first-order chi connectivity index (χ1) is 12.5. The minimum Gasteiger partial charge on any atom is -0.390 e. The molecule has 13 heteroatoms. The van der Waals surface area contributed by atoms with Crippen molar-refractivity contribution in [2.24, 2.45) is 0 Å². The number of anilines is 1. The third-order valence-electron chi connectivity index (χ3n) is 4.34. The summed E-state index contributed by atoms with van der Waals surface area (Å²) < 4.78 is 59.1. The van der Waals surface area contributed by atoms with Crippen LogP contribution in [0.1, 0.15) is 19.6 Å². The maximum Gasteiger partial charge on any atom is 0.406 e. The van der Waals surface area contributed by atoms with E-state index in [4.69, 9.17) is 10.5 Å². The molecule has 2 aromatic heterocycles. The van der Waals surface area contributed by atoms with Crippen molar-refractivity contribution in [3.63, 3.8) is 0 Å². The topological polar surface area (TPSA) is 128 Å². The lowest BCUT2D eigenvalue weighted by Gasteiger charge is -2.18. The van der Waals surface area contributed by atoms with E-state index in [0.29, 0.717) is 9.13 Å². The summed E-state index contributed by atoms with van der Waals surface area (Å²) in [6.45, 7) is -0.0960. The largest absolute Gasteiger partial charge is 0.406 e. The summed E-state index contributed by atoms with van der Waals surface area (Å²) in [6.07, 6.45) is -12.1. The molecular weight excluding hydrogens is 378 g/mol. The van der Waals surface area contributed by atoms with Crippen molar-refractivity contribution in [3.05, 3.63) is 16.7 Å². The highest BCUT2D eigenvalue weighted by atomic mass is 19.4. The molecule has 9 nitrogen and oxygen atoms in total. The maximum absolute atomic E-state index is 14.3. The van der Waals surface area contributed by atoms with E-state index in [2.05, 4.69) is 9.97 Å². The minimum absolute atomic E-state index is 0.102. The first-order valence-corrected chi connectivity index (χ1v) is 8.00. The summed E-state index contributed by atoms with van der Waals surface area (Å²) in [5, 5.41) is 20.0. The Morgan fingerprint density at radius 2 is 2.11 bits per heavy atom. The van der Waals surface area contributed by atoms with Crippen LogP contribution in [0.3, 0.4) is 0 Å². The van der Waals surface area contributed by atoms with Crippen molar-refractivity contribution in [2.45, 2.75) is 56.8 Å². The van der Waals surface area contributed by atoms with Gasteiger partial charge in [0.2, 0.25) is 5.95 Å². The van der Waals surface area contributed by atoms with E-state index in [9.17, 15) is 32.6 Å². The van der Waals surface area contributed by atoms with Crippen LogP contribution in [0.4, 0.5) is 23.5 Å². The van der Waals surface area contributed by atoms with Gasteiger partial charge in [-0.3, -0.25) is 4.57 Å². The Bertz CT molecular complexity index is 898. The average molecular weight is 395 g/mol. The van der Waals surface area contributed by atoms with Gasteiger partial charge in [-0.25, -0.2) is 18.7 Å². The lowest BCUT2D eigenvalue weighted by molar-refractivity contribution is -0.140. The highest BCUT2D eigenvalue weighted by molar-refractivity contribution is 5.72. The van der Waals surface area contributed by atoms with Gasteiger partial charge >= 0.3 is 11.9 Å². The molecule has 0 spiro atoms. The number of aliphatic hydroxyl groups is 2. The van der Waals surface area contributed by atoms with Crippen molar-refractivity contribution >= 4 is 17.1 Å². The zero-order valence-electron chi connectivity index (χ0n) is 14.0. The van der Waals surface area contributed by atoms with Crippen molar-refractivity contribution in [1.29, 1.82) is 0 Å². The summed E-state index contributed by atoms with van der Waals surface area (Å²) in [4.78, 5) is 19.9. The molecule has 0 bridgehead atoms. The number of nitrogens with two attached hydrogens (primary N) is 1. The second-order valence-corrected chi connectivity index (χ2v) is 6.19. The first-order valence-electron chi connectivity index (χ1n) is 8.00. The highest BCUT2D eigenvalue weighted by Gasteiger charge is 2.49. The molecule has 3 rings (SSSR count). The Balaban J connectivity index is 2.16. The number of nitrogens with zero attached hydrogens (tertiary/aromatic N) is 4. The number of halogens is 4. The highest BCUT2D eigenvalue weighted by Crippen LogP contribution is 2.35. The molecule has 5 atom stereocenters. The molecule has 150 valence electrons. The van der Waals surface area contributed by atoms with Crippen LogP contribution in [0, 0.1) is 0 Å². The van der Waals surface area contributed by atoms with Crippen LogP contribution >= 0.6 is 0 Å². The summed E-state index contributed by atoms with van der Waals surface area (Å²) in [6, 6.07) is 0. The van der Waals surface area contributed by atoms with Gasteiger partial charge in [-0.15, -0.1) is 0 Å². The van der Waals surface area contributed by atoms with Crippen LogP contribution in [-0.4, -0.2) is 60.0 Å². The number of imidazole rings is 1. The number of hydrogen-bond acceptors (Lipinski definition) is 7. The van der Waals surface area contributed by atoms with Crippen molar-refractivity contribution in [3.8, 4) is 0 Å². The van der Waals surface area contributed by atoms with Crippen LogP contribution < -0.4 is 11.4 Å². The third-order valence-corrected chi connectivity index (χ3v) is 4.34. The van der Waals surface area contributed by atoms with Gasteiger partial charge < -0.3 is 20.7 Å². The molecule has 0 radical (unpaired) electrons. The second kappa shape index (κ2) is 6.73. The van der Waals surface area contributed by atoms with Crippen molar-refractivity contribution in [1.82, 2.24) is 19.1 Å². The standard InChI is InChI=1S/C14H17F4N5O4/c1-2-6(24)9-7(15)8(25)11(27-9)23-10-5(3-20-12(19)21-10)22(13(23)26)4-14(16,17)18/h3,6-9,11,24-25H,2,4H2,1H3,(H2,19,20,21)/t6-,7+,8+,9+,11+/m0/s1. The molecule has 2 aromatic rings. The number of aromatic nitrogens is 4. The molecule has 1 fully saturated rings. The van der Waals surface area contributed by atoms with E-state index in [1.54, 1.807) is 6.92 Å². The molecule has 0 amide bonds. The van der Waals surface area contributed by atoms with E-state index in [1.807, 2.05) is 0 Å². The minimum atomic E-state index is -4.73. The Morgan fingerprint density at radius 1 is 1.44 bits per heavy atom. The zero-order chi connectivity index (χ0) is 20.1. The van der Waals surface area contributed by atoms with Gasteiger partial charge in [0, 0.05) is 0 Å². The van der Waals surface area contributed by atoms with Gasteiger partial charge in [0.05, 0.1) is 12.3 Å². The Kier molecular flexibility index (Phi) is 4.86. The van der Waals surface area contributed by atoms with E-state index in [1.165, 1.54) is 0 Å². The number of ether oxygens (including phenoxy) is 1. The summed E-state index contributed by atoms with van der Waals surface area (Å²) in [5.41, 5.74) is 3.56. The predicted molar refractivity (Wildman–Crippen MR) is 83.4 cm³/mol. The molecule has 27 heavy (non-hydrogen) atoms. The number of rotatable bonds is 4. The van der Waals surface area contributed by atoms with Crippen LogP contribution in [0.15, 0.2) is 11.0 Å². The molecule has 4 N–H and O–H groups in total. The van der Waals surface area contributed by atoms with Gasteiger partial charge in [-0.05, 0) is 6.42 Å². The molecule has 0 aromatic carbocycles. The Morgan fingerprint density at radius 3 is 2.70 bits per heavy atom. The molecule has 0 saturated carbocycles. The fraction of sp³-hybridized carbons (Fsp3) is 0.643. The summed E-state index contributed by atoms with van der Waals surface area (Å²) in [7, 11) is 0. The number of hydrogen-bond donors (Lipinski definition) is 3. The van der Waals surface area contributed by atoms with E-state index in [0.717, 1.165) is 6.20 Å². The SMILES string of the molecule is CC[C@H](O)[C@H]1O[C@@H](n2c(=O)n(CC(F)(F)F)c3cnc(N)nc32)[C@H](O)[C@H]1F. The fourth-order valence-electron chi connectivity index (χ4n) is 3.05. The Hall–Kier alpha value is -2.25. The molecule has 0 unspecified atom stereocenters. The maximum atomic E-state index is 14.3. The lowest BCUT2D eigenvalue weighted by Crippen LogP contribution is -2.36. The van der Waals surface area contributed by atoms with E-state index in [-0.39, 0.29) is 23.5 Å². The van der Waals surface area contributed by atoms with Crippen molar-refractivity contribution in [2.75, 3.05) is 5.73 Å². The van der Waals surface area contributed by atoms with Gasteiger partial charge in [0.1, 0.15) is 24.3 Å². The number of nitrogen functional groups attached to an aromatic ring is 1. The van der Waals surface area contributed by atoms with Gasteiger partial charge in [-0.1, -0.05) is 6.92 Å². The number of aliphatic hydroxyl groups excluding tert-OH is 2. The molecule has 1 saturated heterocycles. The van der Waals surface area contributed by atoms with Crippen LogP contribution in [0.2, 0.25) is 0 Å². The van der Waals surface area contributed by atoms with Crippen LogP contribution in [0.5, 0.6) is 0 Å². The average Bonchev–Trinajstić information content (AvgIpc) is 3.01. The quantitative estimate of drug-likeness (QED) is 0.627. The second-order valence-electron chi connectivity index (χ2n) is 6.19. The molecule has 1 aliphatic rings. The molecule has 0 aliphatic carbocycles. The zero-order valence-corrected chi connectivity index (χ0v) is 14.0. The van der Waals surface area contributed by atoms with Gasteiger partial charge in [0.25, 0.3) is 0 Å². The normalized spacial score (nSPS) is 27.4. The molecule has 3 heterocycles. The number of fused-ring (bicyclic) bond motifs is 1. The first kappa shape index (κ1) is 19.5. The van der Waals surface area contributed by atoms with Gasteiger partial charge in [0.15, 0.2) is 18.0 Å². The van der Waals surface area contributed by atoms with Gasteiger partial charge in [-0.2, -0.15) is 18.2 Å². The monoisotopic (exact) mass is 395 g/mol. The summed E-state index contributed by atoms with van der Waals surface area (Å²) >= 11 is 0. The fourth-order valence-corrected chi connectivity index (χ4v) is 3.05. The van der Waals surface area contributed by atoms with E-state index >= 15 is 0 Å². The van der Waals surface area contributed by atoms with Crippen molar-refractivity contribution < 1.29 is 32.5 Å².